The van der Waals surface area contributed by atoms with Crippen molar-refractivity contribution in [1.29, 1.82) is 5.26 Å². The Morgan fingerprint density at radius 1 is 1.13 bits per heavy atom. The molecule has 4 heterocycles. The number of likely N-dealkylation sites (N-methyl/N-ethyl adjacent to an activating group) is 1. The van der Waals surface area contributed by atoms with Gasteiger partial charge in [-0.3, -0.25) is 9.59 Å². The van der Waals surface area contributed by atoms with E-state index in [0.29, 0.717) is 23.5 Å². The molecule has 8 nitrogen and oxygen atoms in total. The van der Waals surface area contributed by atoms with Crippen molar-refractivity contribution in [2.75, 3.05) is 20.4 Å². The SMILES string of the molecule is CN1CC(=O)N2C(Cc3c([nH]c4cc(C#N)ccc34)[C@H]2c2ccc3c(c2)OCO3)C1=O. The van der Waals surface area contributed by atoms with E-state index in [9.17, 15) is 14.9 Å². The summed E-state index contributed by atoms with van der Waals surface area (Å²) >= 11 is 0. The Morgan fingerprint density at radius 3 is 2.81 bits per heavy atom. The zero-order valence-corrected chi connectivity index (χ0v) is 16.7. The minimum atomic E-state index is -0.580. The van der Waals surface area contributed by atoms with Gasteiger partial charge in [0.1, 0.15) is 6.04 Å². The zero-order valence-electron chi connectivity index (χ0n) is 16.7. The van der Waals surface area contributed by atoms with Crippen LogP contribution in [0.5, 0.6) is 11.5 Å². The van der Waals surface area contributed by atoms with Gasteiger partial charge in [0.15, 0.2) is 11.5 Å². The molecule has 3 aliphatic heterocycles. The van der Waals surface area contributed by atoms with E-state index < -0.39 is 12.1 Å². The Labute approximate surface area is 177 Å². The summed E-state index contributed by atoms with van der Waals surface area (Å²) in [5.74, 6) is 1.11. The predicted molar refractivity (Wildman–Crippen MR) is 109 cm³/mol. The summed E-state index contributed by atoms with van der Waals surface area (Å²) in [6.07, 6.45) is 0.428. The molecule has 2 amide bonds. The highest BCUT2D eigenvalue weighted by atomic mass is 16.7. The number of aromatic amines is 1. The lowest BCUT2D eigenvalue weighted by molar-refractivity contribution is -0.157. The summed E-state index contributed by atoms with van der Waals surface area (Å²) in [5.41, 5.74) is 4.08. The summed E-state index contributed by atoms with van der Waals surface area (Å²) in [6.45, 7) is 0.205. The molecule has 2 aromatic carbocycles. The molecule has 1 N–H and O–H groups in total. The van der Waals surface area contributed by atoms with Crippen LogP contribution in [0, 0.1) is 11.3 Å². The minimum Gasteiger partial charge on any atom is -0.454 e. The molecule has 1 aromatic heterocycles. The lowest BCUT2D eigenvalue weighted by Crippen LogP contribution is -2.62. The Hall–Kier alpha value is -3.99. The molecular formula is C23H18N4O4. The van der Waals surface area contributed by atoms with Crippen molar-refractivity contribution >= 4 is 22.7 Å². The third kappa shape index (κ3) is 2.46. The van der Waals surface area contributed by atoms with E-state index in [-0.39, 0.29) is 25.2 Å². The Morgan fingerprint density at radius 2 is 1.97 bits per heavy atom. The number of fused-ring (bicyclic) bond motifs is 5. The minimum absolute atomic E-state index is 0.0462. The molecule has 1 fully saturated rings. The van der Waals surface area contributed by atoms with Gasteiger partial charge >= 0.3 is 0 Å². The van der Waals surface area contributed by atoms with Crippen LogP contribution in [-0.2, 0) is 16.0 Å². The zero-order chi connectivity index (χ0) is 21.3. The number of hydrogen-bond acceptors (Lipinski definition) is 5. The van der Waals surface area contributed by atoms with Crippen LogP contribution in [0.1, 0.15) is 28.4 Å². The second kappa shape index (κ2) is 6.25. The summed E-state index contributed by atoms with van der Waals surface area (Å²) < 4.78 is 11.0. The number of hydrogen-bond donors (Lipinski definition) is 1. The lowest BCUT2D eigenvalue weighted by Gasteiger charge is -2.46. The topological polar surface area (TPSA) is 98.7 Å². The van der Waals surface area contributed by atoms with E-state index in [1.807, 2.05) is 24.3 Å². The third-order valence-corrected chi connectivity index (χ3v) is 6.39. The fourth-order valence-corrected chi connectivity index (χ4v) is 4.96. The molecule has 2 atom stereocenters. The van der Waals surface area contributed by atoms with Crippen LogP contribution in [0.3, 0.4) is 0 Å². The maximum absolute atomic E-state index is 13.1. The molecule has 6 rings (SSSR count). The van der Waals surface area contributed by atoms with Crippen LogP contribution in [0.4, 0.5) is 0 Å². The summed E-state index contributed by atoms with van der Waals surface area (Å²) in [4.78, 5) is 32.9. The first-order valence-corrected chi connectivity index (χ1v) is 10.1. The quantitative estimate of drug-likeness (QED) is 0.657. The largest absolute Gasteiger partial charge is 0.454 e. The van der Waals surface area contributed by atoms with E-state index in [1.54, 1.807) is 24.1 Å². The molecule has 1 saturated heterocycles. The lowest BCUT2D eigenvalue weighted by atomic mass is 9.86. The van der Waals surface area contributed by atoms with Crippen molar-refractivity contribution in [2.45, 2.75) is 18.5 Å². The smallest absolute Gasteiger partial charge is 0.245 e. The van der Waals surface area contributed by atoms with Gasteiger partial charge in [0, 0.05) is 30.1 Å². The van der Waals surface area contributed by atoms with E-state index in [0.717, 1.165) is 27.7 Å². The van der Waals surface area contributed by atoms with Crippen molar-refractivity contribution in [3.63, 3.8) is 0 Å². The van der Waals surface area contributed by atoms with E-state index in [1.165, 1.54) is 4.90 Å². The first-order chi connectivity index (χ1) is 15.0. The maximum Gasteiger partial charge on any atom is 0.245 e. The number of nitrogens with zero attached hydrogens (tertiary/aromatic N) is 3. The van der Waals surface area contributed by atoms with E-state index >= 15 is 0 Å². The monoisotopic (exact) mass is 414 g/mol. The van der Waals surface area contributed by atoms with Gasteiger partial charge in [-0.05, 0) is 35.4 Å². The highest BCUT2D eigenvalue weighted by molar-refractivity contribution is 5.97. The average Bonchev–Trinajstić information content (AvgIpc) is 3.39. The van der Waals surface area contributed by atoms with Crippen LogP contribution in [-0.4, -0.2) is 53.0 Å². The molecule has 3 aliphatic rings. The molecule has 0 radical (unpaired) electrons. The van der Waals surface area contributed by atoms with Gasteiger partial charge in [0.2, 0.25) is 18.6 Å². The molecule has 0 saturated carbocycles. The number of piperazine rings is 1. The Bertz CT molecular complexity index is 1320. The maximum atomic E-state index is 13.1. The number of aromatic nitrogens is 1. The van der Waals surface area contributed by atoms with Crippen molar-refractivity contribution < 1.29 is 19.1 Å². The number of nitriles is 1. The highest BCUT2D eigenvalue weighted by Gasteiger charge is 2.47. The van der Waals surface area contributed by atoms with Crippen LogP contribution in [0.2, 0.25) is 0 Å². The van der Waals surface area contributed by atoms with Gasteiger partial charge in [-0.25, -0.2) is 0 Å². The fourth-order valence-electron chi connectivity index (χ4n) is 4.96. The van der Waals surface area contributed by atoms with Gasteiger partial charge in [-0.2, -0.15) is 5.26 Å². The number of nitrogens with one attached hydrogen (secondary N) is 1. The predicted octanol–water partition coefficient (Wildman–Crippen LogP) is 2.08. The highest BCUT2D eigenvalue weighted by Crippen LogP contribution is 2.44. The number of carbonyl (C=O) groups excluding carboxylic acids is 2. The third-order valence-electron chi connectivity index (χ3n) is 6.39. The molecular weight excluding hydrogens is 396 g/mol. The number of rotatable bonds is 1. The van der Waals surface area contributed by atoms with Gasteiger partial charge < -0.3 is 24.3 Å². The summed E-state index contributed by atoms with van der Waals surface area (Å²) in [7, 11) is 1.66. The molecule has 1 unspecified atom stereocenters. The standard InChI is InChI=1S/C23H18N4O4/c1-26-10-20(28)27-17(23(26)29)8-15-14-4-2-12(9-24)6-16(14)25-21(15)22(27)13-3-5-18-19(7-13)31-11-30-18/h2-7,17,22,25H,8,10-11H2,1H3/t17?,22-/m1/s1. The Balaban J connectivity index is 1.59. The van der Waals surface area contributed by atoms with Crippen molar-refractivity contribution in [1.82, 2.24) is 14.8 Å². The molecule has 0 aliphatic carbocycles. The van der Waals surface area contributed by atoms with Gasteiger partial charge in [-0.1, -0.05) is 12.1 Å². The molecule has 0 spiro atoms. The van der Waals surface area contributed by atoms with Gasteiger partial charge in [0.25, 0.3) is 0 Å². The van der Waals surface area contributed by atoms with Crippen molar-refractivity contribution in [3.8, 4) is 17.6 Å². The normalized spacial score (nSPS) is 21.8. The van der Waals surface area contributed by atoms with Gasteiger partial charge in [-0.15, -0.1) is 0 Å². The molecule has 154 valence electrons. The van der Waals surface area contributed by atoms with Crippen molar-refractivity contribution in [2.24, 2.45) is 0 Å². The average molecular weight is 414 g/mol. The first-order valence-electron chi connectivity index (χ1n) is 10.1. The number of amides is 2. The fraction of sp³-hybridized carbons (Fsp3) is 0.261. The number of benzene rings is 2. The van der Waals surface area contributed by atoms with Crippen LogP contribution >= 0.6 is 0 Å². The molecule has 0 bridgehead atoms. The molecule has 3 aromatic rings. The van der Waals surface area contributed by atoms with Crippen LogP contribution < -0.4 is 9.47 Å². The molecule has 31 heavy (non-hydrogen) atoms. The van der Waals surface area contributed by atoms with Crippen LogP contribution in [0.25, 0.3) is 10.9 Å². The first kappa shape index (κ1) is 17.8. The second-order valence-electron chi connectivity index (χ2n) is 8.12. The summed E-state index contributed by atoms with van der Waals surface area (Å²) in [5, 5.41) is 10.3. The Kier molecular flexibility index (Phi) is 3.60. The second-order valence-corrected chi connectivity index (χ2v) is 8.12. The van der Waals surface area contributed by atoms with Crippen LogP contribution in [0.15, 0.2) is 36.4 Å². The van der Waals surface area contributed by atoms with Crippen molar-refractivity contribution in [3.05, 3.63) is 58.8 Å². The van der Waals surface area contributed by atoms with E-state index in [2.05, 4.69) is 11.1 Å². The number of ether oxygens (including phenoxy) is 2. The summed E-state index contributed by atoms with van der Waals surface area (Å²) in [6, 6.07) is 12.2. The molecule has 8 heteroatoms. The van der Waals surface area contributed by atoms with E-state index in [4.69, 9.17) is 9.47 Å². The number of H-pyrrole nitrogens is 1. The number of carbonyl (C=O) groups is 2. The van der Waals surface area contributed by atoms with Gasteiger partial charge in [0.05, 0.1) is 24.2 Å².